The number of carbonyl (C=O) groups is 2. The predicted octanol–water partition coefficient (Wildman–Crippen LogP) is 0.235. The van der Waals surface area contributed by atoms with Crippen LogP contribution in [0.4, 0.5) is 0 Å². The lowest BCUT2D eigenvalue weighted by Gasteiger charge is -2.25. The molecule has 92 valence electrons. The summed E-state index contributed by atoms with van der Waals surface area (Å²) in [6, 6.07) is -1.15. The van der Waals surface area contributed by atoms with E-state index >= 15 is 0 Å². The third kappa shape index (κ3) is 4.48. The van der Waals surface area contributed by atoms with Crippen molar-refractivity contribution in [3.63, 3.8) is 0 Å². The summed E-state index contributed by atoms with van der Waals surface area (Å²) < 4.78 is 0. The molecule has 2 N–H and O–H groups in total. The van der Waals surface area contributed by atoms with Gasteiger partial charge >= 0.3 is 0 Å². The Morgan fingerprint density at radius 3 is 2.38 bits per heavy atom. The topological polar surface area (TPSA) is 95.8 Å². The van der Waals surface area contributed by atoms with Crippen molar-refractivity contribution < 1.29 is 14.7 Å². The molecule has 0 aromatic rings. The Morgan fingerprint density at radius 1 is 1.44 bits per heavy atom. The van der Waals surface area contributed by atoms with Gasteiger partial charge in [-0.05, 0) is 6.92 Å². The predicted molar refractivity (Wildman–Crippen MR) is 58.8 cm³/mol. The lowest BCUT2D eigenvalue weighted by atomic mass is 9.85. The zero-order valence-corrected chi connectivity index (χ0v) is 9.82. The molecule has 0 heterocycles. The molecule has 1 amide bonds. The van der Waals surface area contributed by atoms with Crippen LogP contribution in [0.3, 0.4) is 0 Å². The molecule has 0 aromatic carbocycles. The largest absolute Gasteiger partial charge is 0.396 e. The minimum Gasteiger partial charge on any atom is -0.396 e. The number of rotatable bonds is 7. The normalized spacial score (nSPS) is 13.0. The molecule has 0 saturated heterocycles. The van der Waals surface area contributed by atoms with Gasteiger partial charge in [-0.3, -0.25) is 9.59 Å². The van der Waals surface area contributed by atoms with E-state index in [1.807, 2.05) is 0 Å². The Balaban J connectivity index is 4.33. The number of nitroso groups, excluding NO2 is 1. The molecule has 6 heteroatoms. The highest BCUT2D eigenvalue weighted by molar-refractivity contribution is 5.83. The quantitative estimate of drug-likeness (QED) is 0.612. The monoisotopic (exact) mass is 230 g/mol. The third-order valence-corrected chi connectivity index (χ3v) is 2.28. The maximum atomic E-state index is 11.5. The van der Waals surface area contributed by atoms with E-state index in [1.54, 1.807) is 13.8 Å². The molecular formula is C10H18N2O4. The molecule has 0 saturated carbocycles. The van der Waals surface area contributed by atoms with E-state index in [0.717, 1.165) is 0 Å². The second kappa shape index (κ2) is 6.32. The summed E-state index contributed by atoms with van der Waals surface area (Å²) in [4.78, 5) is 32.7. The Bertz CT molecular complexity index is 276. The van der Waals surface area contributed by atoms with Gasteiger partial charge in [0, 0.05) is 18.4 Å². The first kappa shape index (κ1) is 14.7. The zero-order chi connectivity index (χ0) is 12.8. The van der Waals surface area contributed by atoms with Crippen molar-refractivity contribution in [2.45, 2.75) is 33.2 Å². The second-order valence-corrected chi connectivity index (χ2v) is 4.40. The van der Waals surface area contributed by atoms with Crippen LogP contribution in [0.25, 0.3) is 0 Å². The number of hydrogen-bond donors (Lipinski definition) is 2. The number of carbonyl (C=O) groups excluding carboxylic acids is 2. The molecule has 0 radical (unpaired) electrons. The summed E-state index contributed by atoms with van der Waals surface area (Å²) >= 11 is 0. The van der Waals surface area contributed by atoms with E-state index < -0.39 is 17.4 Å². The standard InChI is InChI=1S/C10H18N2O4/c1-7(14)4-5-11-9(15)8(12-16)10(2,3)6-13/h8,13H,4-6H2,1-3H3,(H,11,15)/t8-/m0/s1. The number of hydrogen-bond acceptors (Lipinski definition) is 5. The molecule has 1 atom stereocenters. The summed E-state index contributed by atoms with van der Waals surface area (Å²) in [5, 5.41) is 14.2. The summed E-state index contributed by atoms with van der Waals surface area (Å²) in [7, 11) is 0. The van der Waals surface area contributed by atoms with Crippen LogP contribution >= 0.6 is 0 Å². The fraction of sp³-hybridized carbons (Fsp3) is 0.800. The van der Waals surface area contributed by atoms with Gasteiger partial charge in [0.2, 0.25) is 5.91 Å². The number of nitrogens with zero attached hydrogens (tertiary/aromatic N) is 1. The molecule has 0 unspecified atom stereocenters. The van der Waals surface area contributed by atoms with E-state index in [9.17, 15) is 14.5 Å². The van der Waals surface area contributed by atoms with Gasteiger partial charge in [-0.25, -0.2) is 0 Å². The van der Waals surface area contributed by atoms with E-state index in [2.05, 4.69) is 10.5 Å². The van der Waals surface area contributed by atoms with Gasteiger partial charge in [-0.15, -0.1) is 4.91 Å². The maximum absolute atomic E-state index is 11.5. The molecule has 0 bridgehead atoms. The fourth-order valence-electron chi connectivity index (χ4n) is 1.09. The zero-order valence-electron chi connectivity index (χ0n) is 9.82. The van der Waals surface area contributed by atoms with Crippen LogP contribution in [-0.2, 0) is 9.59 Å². The van der Waals surface area contributed by atoms with E-state index in [-0.39, 0.29) is 25.4 Å². The fourth-order valence-corrected chi connectivity index (χ4v) is 1.09. The molecule has 0 aliphatic rings. The van der Waals surface area contributed by atoms with Crippen molar-refractivity contribution in [2.24, 2.45) is 10.6 Å². The number of ketones is 1. The van der Waals surface area contributed by atoms with Crippen LogP contribution in [0.15, 0.2) is 5.18 Å². The van der Waals surface area contributed by atoms with Crippen LogP contribution in [0, 0.1) is 10.3 Å². The van der Waals surface area contributed by atoms with Crippen LogP contribution in [0.2, 0.25) is 0 Å². The second-order valence-electron chi connectivity index (χ2n) is 4.40. The molecule has 0 aliphatic carbocycles. The average molecular weight is 230 g/mol. The van der Waals surface area contributed by atoms with Crippen LogP contribution in [0.1, 0.15) is 27.2 Å². The van der Waals surface area contributed by atoms with Crippen molar-refractivity contribution >= 4 is 11.7 Å². The van der Waals surface area contributed by atoms with Crippen molar-refractivity contribution in [3.8, 4) is 0 Å². The maximum Gasteiger partial charge on any atom is 0.249 e. The Kier molecular flexibility index (Phi) is 5.81. The van der Waals surface area contributed by atoms with Crippen LogP contribution < -0.4 is 5.32 Å². The van der Waals surface area contributed by atoms with Crippen molar-refractivity contribution in [1.82, 2.24) is 5.32 Å². The lowest BCUT2D eigenvalue weighted by molar-refractivity contribution is -0.125. The summed E-state index contributed by atoms with van der Waals surface area (Å²) in [5.74, 6) is -0.604. The Labute approximate surface area is 94.4 Å². The number of nitrogens with one attached hydrogen (secondary N) is 1. The van der Waals surface area contributed by atoms with Crippen molar-refractivity contribution in [3.05, 3.63) is 4.91 Å². The first-order valence-electron chi connectivity index (χ1n) is 5.05. The first-order chi connectivity index (χ1) is 7.35. The van der Waals surface area contributed by atoms with Gasteiger partial charge in [0.1, 0.15) is 5.78 Å². The SMILES string of the molecule is CC(=O)CCNC(=O)[C@H](N=O)C(C)(C)CO. The molecule has 0 spiro atoms. The smallest absolute Gasteiger partial charge is 0.249 e. The third-order valence-electron chi connectivity index (χ3n) is 2.28. The van der Waals surface area contributed by atoms with Gasteiger partial charge in [-0.2, -0.15) is 0 Å². The number of Topliss-reactive ketones (excluding diaryl/α,β-unsaturated/α-hetero) is 1. The van der Waals surface area contributed by atoms with Crippen molar-refractivity contribution in [2.75, 3.05) is 13.2 Å². The first-order valence-corrected chi connectivity index (χ1v) is 5.05. The van der Waals surface area contributed by atoms with E-state index in [1.165, 1.54) is 6.92 Å². The van der Waals surface area contributed by atoms with E-state index in [4.69, 9.17) is 5.11 Å². The lowest BCUT2D eigenvalue weighted by Crippen LogP contribution is -2.44. The van der Waals surface area contributed by atoms with Crippen LogP contribution in [-0.4, -0.2) is 36.0 Å². The molecule has 0 aliphatic heterocycles. The molecule has 0 fully saturated rings. The minimum atomic E-state index is -1.15. The summed E-state index contributed by atoms with van der Waals surface area (Å²) in [5.41, 5.74) is -0.901. The van der Waals surface area contributed by atoms with Gasteiger partial charge in [0.15, 0.2) is 6.04 Å². The van der Waals surface area contributed by atoms with E-state index in [0.29, 0.717) is 0 Å². The highest BCUT2D eigenvalue weighted by atomic mass is 16.3. The van der Waals surface area contributed by atoms with Crippen molar-refractivity contribution in [1.29, 1.82) is 0 Å². The summed E-state index contributed by atoms with van der Waals surface area (Å²) in [6.07, 6.45) is 0.219. The van der Waals surface area contributed by atoms with Crippen LogP contribution in [0.5, 0.6) is 0 Å². The summed E-state index contributed by atoms with van der Waals surface area (Å²) in [6.45, 7) is 4.43. The molecular weight excluding hydrogens is 212 g/mol. The molecule has 0 aromatic heterocycles. The average Bonchev–Trinajstić information content (AvgIpc) is 2.17. The number of amides is 1. The van der Waals surface area contributed by atoms with Gasteiger partial charge in [-0.1, -0.05) is 19.0 Å². The Hall–Kier alpha value is -1.30. The molecule has 0 rings (SSSR count). The molecule has 16 heavy (non-hydrogen) atoms. The highest BCUT2D eigenvalue weighted by Crippen LogP contribution is 2.22. The highest BCUT2D eigenvalue weighted by Gasteiger charge is 2.35. The molecule has 6 nitrogen and oxygen atoms in total. The van der Waals surface area contributed by atoms with Gasteiger partial charge in [0.05, 0.1) is 6.61 Å². The van der Waals surface area contributed by atoms with Gasteiger partial charge in [0.25, 0.3) is 0 Å². The Morgan fingerprint density at radius 2 is 2.00 bits per heavy atom. The number of aliphatic hydroxyl groups excluding tert-OH is 1. The minimum absolute atomic E-state index is 0.0441. The van der Waals surface area contributed by atoms with Gasteiger partial charge < -0.3 is 10.4 Å². The number of aliphatic hydroxyl groups is 1.